The highest BCUT2D eigenvalue weighted by molar-refractivity contribution is 6.07. The lowest BCUT2D eigenvalue weighted by molar-refractivity contribution is -0.137. The number of carbonyl (C=O) groups excluding carboxylic acids is 2. The lowest BCUT2D eigenvalue weighted by Crippen LogP contribution is -2.15. The molecule has 7 nitrogen and oxygen atoms in total. The number of aromatic nitrogens is 1. The van der Waals surface area contributed by atoms with Gasteiger partial charge in [-0.15, -0.1) is 0 Å². The van der Waals surface area contributed by atoms with Crippen molar-refractivity contribution in [3.8, 4) is 28.5 Å². The van der Waals surface area contributed by atoms with Crippen LogP contribution in [0, 0.1) is 0 Å². The van der Waals surface area contributed by atoms with Crippen molar-refractivity contribution in [1.29, 1.82) is 0 Å². The molecule has 2 amide bonds. The number of carbonyl (C=O) groups is 2. The van der Waals surface area contributed by atoms with E-state index in [4.69, 9.17) is 9.15 Å². The second-order valence-corrected chi connectivity index (χ2v) is 7.72. The van der Waals surface area contributed by atoms with Gasteiger partial charge in [0.05, 0.1) is 12.7 Å². The molecule has 0 bridgehead atoms. The average Bonchev–Trinajstić information content (AvgIpc) is 3.30. The van der Waals surface area contributed by atoms with Gasteiger partial charge in [0, 0.05) is 35.5 Å². The molecule has 10 heteroatoms. The Bertz CT molecular complexity index is 1400. The first kappa shape index (κ1) is 24.5. The molecule has 1 aromatic heterocycles. The van der Waals surface area contributed by atoms with Crippen LogP contribution in [0.25, 0.3) is 22.8 Å². The number of nitrogens with one attached hydrogen (secondary N) is 2. The van der Waals surface area contributed by atoms with E-state index in [1.54, 1.807) is 48.5 Å². The molecule has 3 aromatic carbocycles. The first-order valence-electron chi connectivity index (χ1n) is 10.7. The fraction of sp³-hybridized carbons (Fsp3) is 0.115. The van der Waals surface area contributed by atoms with Gasteiger partial charge < -0.3 is 19.8 Å². The number of halogens is 3. The molecule has 0 aliphatic heterocycles. The maximum atomic E-state index is 13.3. The van der Waals surface area contributed by atoms with E-state index >= 15 is 0 Å². The maximum absolute atomic E-state index is 13.3. The maximum Gasteiger partial charge on any atom is 0.416 e. The van der Waals surface area contributed by atoms with Crippen LogP contribution >= 0.6 is 0 Å². The number of methoxy groups -OCH3 is 1. The van der Waals surface area contributed by atoms with Gasteiger partial charge in [-0.25, -0.2) is 4.98 Å². The fourth-order valence-electron chi connectivity index (χ4n) is 3.43. The molecule has 0 atom stereocenters. The van der Waals surface area contributed by atoms with E-state index in [0.717, 1.165) is 12.1 Å². The highest BCUT2D eigenvalue weighted by Crippen LogP contribution is 2.35. The van der Waals surface area contributed by atoms with Crippen LogP contribution in [0.15, 0.2) is 77.2 Å². The van der Waals surface area contributed by atoms with Crippen molar-refractivity contribution >= 4 is 23.2 Å². The minimum Gasteiger partial charge on any atom is -0.497 e. The largest absolute Gasteiger partial charge is 0.497 e. The summed E-state index contributed by atoms with van der Waals surface area (Å²) in [6.45, 7) is 1.38. The topological polar surface area (TPSA) is 93.5 Å². The van der Waals surface area contributed by atoms with Gasteiger partial charge in [-0.1, -0.05) is 18.2 Å². The zero-order valence-corrected chi connectivity index (χ0v) is 19.1. The first-order valence-corrected chi connectivity index (χ1v) is 10.7. The molecule has 184 valence electrons. The third kappa shape index (κ3) is 5.54. The Balaban J connectivity index is 1.74. The summed E-state index contributed by atoms with van der Waals surface area (Å²) in [7, 11) is 1.23. The second-order valence-electron chi connectivity index (χ2n) is 7.72. The van der Waals surface area contributed by atoms with Crippen molar-refractivity contribution in [1.82, 2.24) is 4.98 Å². The Morgan fingerprint density at radius 1 is 0.889 bits per heavy atom. The minimum absolute atomic E-state index is 0.0703. The Morgan fingerprint density at radius 3 is 2.19 bits per heavy atom. The molecule has 0 aliphatic carbocycles. The monoisotopic (exact) mass is 495 g/mol. The van der Waals surface area contributed by atoms with E-state index in [9.17, 15) is 22.8 Å². The van der Waals surface area contributed by atoms with Gasteiger partial charge in [0.15, 0.2) is 11.5 Å². The van der Waals surface area contributed by atoms with E-state index in [2.05, 4.69) is 15.6 Å². The summed E-state index contributed by atoms with van der Waals surface area (Å²) in [5.74, 6) is -0.823. The summed E-state index contributed by atoms with van der Waals surface area (Å²) in [4.78, 5) is 28.9. The Kier molecular flexibility index (Phi) is 6.77. The fourth-order valence-corrected chi connectivity index (χ4v) is 3.43. The molecule has 0 radical (unpaired) electrons. The third-order valence-corrected chi connectivity index (χ3v) is 5.06. The van der Waals surface area contributed by atoms with Gasteiger partial charge in [0.25, 0.3) is 5.91 Å². The highest BCUT2D eigenvalue weighted by atomic mass is 19.4. The van der Waals surface area contributed by atoms with Crippen molar-refractivity contribution in [3.05, 3.63) is 84.1 Å². The van der Waals surface area contributed by atoms with Gasteiger partial charge >= 0.3 is 6.18 Å². The Hall–Kier alpha value is -4.60. The van der Waals surface area contributed by atoms with Crippen LogP contribution in [0.3, 0.4) is 0 Å². The molecular formula is C26H20F3N3O4. The van der Waals surface area contributed by atoms with Gasteiger partial charge in [0.2, 0.25) is 11.8 Å². The predicted molar refractivity (Wildman–Crippen MR) is 128 cm³/mol. The van der Waals surface area contributed by atoms with Crippen LogP contribution in [0.2, 0.25) is 0 Å². The van der Waals surface area contributed by atoms with E-state index in [1.807, 2.05) is 6.07 Å². The number of hydrogen-bond donors (Lipinski definition) is 2. The van der Waals surface area contributed by atoms with Crippen LogP contribution < -0.4 is 15.4 Å². The quantitative estimate of drug-likeness (QED) is 0.330. The number of rotatable bonds is 6. The van der Waals surface area contributed by atoms with Crippen molar-refractivity contribution in [2.75, 3.05) is 17.7 Å². The molecule has 4 rings (SSSR count). The number of benzene rings is 3. The predicted octanol–water partition coefficient (Wildman–Crippen LogP) is 6.25. The standard InChI is InChI=1S/C26H20F3N3O4/c1-15(33)30-19-10-8-16(9-11-19)23-22(32-25(36-23)17-6-4-3-5-7-17)24(34)31-20-12-18(26(27,28)29)13-21(14-20)35-2/h3-14H,1-2H3,(H,30,33)(H,31,34). The molecule has 4 aromatic rings. The van der Waals surface area contributed by atoms with E-state index in [-0.39, 0.29) is 34.7 Å². The zero-order valence-electron chi connectivity index (χ0n) is 19.1. The third-order valence-electron chi connectivity index (χ3n) is 5.06. The summed E-state index contributed by atoms with van der Waals surface area (Å²) in [6, 6.07) is 18.3. The molecule has 2 N–H and O–H groups in total. The van der Waals surface area contributed by atoms with Gasteiger partial charge in [-0.3, -0.25) is 9.59 Å². The number of anilines is 2. The summed E-state index contributed by atoms with van der Waals surface area (Å²) < 4.78 is 50.8. The number of oxazole rings is 1. The van der Waals surface area contributed by atoms with E-state index < -0.39 is 17.6 Å². The molecule has 1 heterocycles. The summed E-state index contributed by atoms with van der Waals surface area (Å²) in [6.07, 6.45) is -4.64. The SMILES string of the molecule is COc1cc(NC(=O)c2nc(-c3ccccc3)oc2-c2ccc(NC(C)=O)cc2)cc(C(F)(F)F)c1. The van der Waals surface area contributed by atoms with E-state index in [1.165, 1.54) is 20.1 Å². The number of alkyl halides is 3. The number of ether oxygens (including phenoxy) is 1. The molecule has 0 spiro atoms. The Labute approximate surface area is 203 Å². The number of nitrogens with zero attached hydrogens (tertiary/aromatic N) is 1. The van der Waals surface area contributed by atoms with Crippen LogP contribution in [0.1, 0.15) is 23.0 Å². The molecule has 0 aliphatic rings. The number of hydrogen-bond acceptors (Lipinski definition) is 5. The lowest BCUT2D eigenvalue weighted by atomic mass is 10.1. The smallest absolute Gasteiger partial charge is 0.416 e. The van der Waals surface area contributed by atoms with Crippen molar-refractivity contribution in [2.45, 2.75) is 13.1 Å². The molecule has 36 heavy (non-hydrogen) atoms. The van der Waals surface area contributed by atoms with E-state index in [0.29, 0.717) is 16.8 Å². The first-order chi connectivity index (χ1) is 17.1. The average molecular weight is 495 g/mol. The molecule has 0 saturated heterocycles. The molecule has 0 fully saturated rings. The number of amides is 2. The Morgan fingerprint density at radius 2 is 1.58 bits per heavy atom. The highest BCUT2D eigenvalue weighted by Gasteiger charge is 2.32. The second kappa shape index (κ2) is 9.95. The van der Waals surface area contributed by atoms with Crippen LogP contribution in [-0.2, 0) is 11.0 Å². The summed E-state index contributed by atoms with van der Waals surface area (Å²) >= 11 is 0. The minimum atomic E-state index is -4.64. The van der Waals surface area contributed by atoms with Crippen LogP contribution in [0.4, 0.5) is 24.5 Å². The lowest BCUT2D eigenvalue weighted by Gasteiger charge is -2.12. The van der Waals surface area contributed by atoms with Crippen LogP contribution in [-0.4, -0.2) is 23.9 Å². The normalized spacial score (nSPS) is 11.1. The molecule has 0 saturated carbocycles. The van der Waals surface area contributed by atoms with Gasteiger partial charge in [0.1, 0.15) is 5.75 Å². The van der Waals surface area contributed by atoms with Crippen molar-refractivity contribution in [3.63, 3.8) is 0 Å². The molecule has 0 unspecified atom stereocenters. The summed E-state index contributed by atoms with van der Waals surface area (Å²) in [5.41, 5.74) is 0.395. The van der Waals surface area contributed by atoms with Crippen LogP contribution in [0.5, 0.6) is 5.75 Å². The van der Waals surface area contributed by atoms with Gasteiger partial charge in [-0.05, 0) is 48.5 Å². The summed E-state index contributed by atoms with van der Waals surface area (Å²) in [5, 5.41) is 5.10. The van der Waals surface area contributed by atoms with Gasteiger partial charge in [-0.2, -0.15) is 13.2 Å². The van der Waals surface area contributed by atoms with Crippen molar-refractivity contribution in [2.24, 2.45) is 0 Å². The van der Waals surface area contributed by atoms with Crippen molar-refractivity contribution < 1.29 is 31.9 Å². The zero-order chi connectivity index (χ0) is 25.9. The molecular weight excluding hydrogens is 475 g/mol.